The van der Waals surface area contributed by atoms with Crippen LogP contribution in [0, 0.1) is 0 Å². The Morgan fingerprint density at radius 1 is 1.47 bits per heavy atom. The van der Waals surface area contributed by atoms with E-state index >= 15 is 0 Å². The summed E-state index contributed by atoms with van der Waals surface area (Å²) >= 11 is 6.19. The van der Waals surface area contributed by atoms with Crippen LogP contribution < -0.4 is 0 Å². The monoisotopic (exact) mass is 224 g/mol. The van der Waals surface area contributed by atoms with E-state index in [2.05, 4.69) is 26.0 Å². The molecule has 0 saturated heterocycles. The molecule has 0 aliphatic carbocycles. The highest BCUT2D eigenvalue weighted by atomic mass is 35.5. The van der Waals surface area contributed by atoms with Crippen LogP contribution in [0.25, 0.3) is 0 Å². The number of carbonyl (C=O) groups excluding carboxylic acids is 1. The lowest BCUT2D eigenvalue weighted by Crippen LogP contribution is -1.94. The zero-order valence-corrected chi connectivity index (χ0v) is 10.1. The summed E-state index contributed by atoms with van der Waals surface area (Å²) in [6, 6.07) is 6.13. The van der Waals surface area contributed by atoms with Crippen molar-refractivity contribution < 1.29 is 4.79 Å². The number of hydrogen-bond donors (Lipinski definition) is 0. The van der Waals surface area contributed by atoms with Gasteiger partial charge in [0.25, 0.3) is 0 Å². The Bertz CT molecular complexity index is 333. The number of aldehydes is 1. The number of halogens is 1. The predicted octanol–water partition coefficient (Wildman–Crippen LogP) is 3.99. The molecule has 2 heteroatoms. The SMILES string of the molecule is CCC(C)c1ccc(CCC=O)cc1Cl. The van der Waals surface area contributed by atoms with Gasteiger partial charge in [-0.1, -0.05) is 37.6 Å². The first-order valence-corrected chi connectivity index (χ1v) is 5.78. The maximum absolute atomic E-state index is 10.3. The molecule has 1 unspecified atom stereocenters. The fourth-order valence-electron chi connectivity index (χ4n) is 1.57. The molecule has 0 amide bonds. The summed E-state index contributed by atoms with van der Waals surface area (Å²) in [6.07, 6.45) is 3.38. The molecule has 1 aromatic rings. The fraction of sp³-hybridized carbons (Fsp3) is 0.462. The molecule has 1 aromatic carbocycles. The summed E-state index contributed by atoms with van der Waals surface area (Å²) in [4.78, 5) is 10.3. The number of carbonyl (C=O) groups is 1. The fourth-order valence-corrected chi connectivity index (χ4v) is 1.96. The second-order valence-corrected chi connectivity index (χ2v) is 4.28. The van der Waals surface area contributed by atoms with Crippen molar-refractivity contribution in [2.24, 2.45) is 0 Å². The van der Waals surface area contributed by atoms with Crippen LogP contribution in [0.5, 0.6) is 0 Å². The number of rotatable bonds is 5. The van der Waals surface area contributed by atoms with E-state index in [1.807, 2.05) is 6.07 Å². The third kappa shape index (κ3) is 3.35. The van der Waals surface area contributed by atoms with Gasteiger partial charge in [-0.15, -0.1) is 0 Å². The van der Waals surface area contributed by atoms with E-state index in [9.17, 15) is 4.79 Å². The first-order chi connectivity index (χ1) is 7.19. The Labute approximate surface area is 96.5 Å². The van der Waals surface area contributed by atoms with Crippen LogP contribution in [0.4, 0.5) is 0 Å². The molecule has 0 fully saturated rings. The molecule has 82 valence electrons. The summed E-state index contributed by atoms with van der Waals surface area (Å²) in [7, 11) is 0. The highest BCUT2D eigenvalue weighted by Gasteiger charge is 2.07. The Morgan fingerprint density at radius 3 is 2.73 bits per heavy atom. The maximum Gasteiger partial charge on any atom is 0.120 e. The smallest absolute Gasteiger partial charge is 0.120 e. The molecule has 0 aliphatic rings. The molecule has 0 radical (unpaired) electrons. The lowest BCUT2D eigenvalue weighted by atomic mass is 9.96. The van der Waals surface area contributed by atoms with E-state index in [1.165, 1.54) is 5.56 Å². The molecule has 0 heterocycles. The molecule has 0 aromatic heterocycles. The summed E-state index contributed by atoms with van der Waals surface area (Å²) in [5, 5.41) is 0.827. The van der Waals surface area contributed by atoms with Gasteiger partial charge in [-0.05, 0) is 36.0 Å². The number of aryl methyl sites for hydroxylation is 1. The summed E-state index contributed by atoms with van der Waals surface area (Å²) in [5.74, 6) is 0.498. The third-order valence-electron chi connectivity index (χ3n) is 2.76. The van der Waals surface area contributed by atoms with Crippen LogP contribution >= 0.6 is 11.6 Å². The van der Waals surface area contributed by atoms with Crippen LogP contribution in [-0.2, 0) is 11.2 Å². The topological polar surface area (TPSA) is 17.1 Å². The highest BCUT2D eigenvalue weighted by molar-refractivity contribution is 6.31. The van der Waals surface area contributed by atoms with Crippen LogP contribution in [0.1, 0.15) is 43.7 Å². The molecule has 1 nitrogen and oxygen atoms in total. The van der Waals surface area contributed by atoms with Gasteiger partial charge in [0, 0.05) is 11.4 Å². The molecule has 0 bridgehead atoms. The van der Waals surface area contributed by atoms with Crippen molar-refractivity contribution in [3.05, 3.63) is 34.3 Å². The minimum atomic E-state index is 0.498. The molecule has 0 aliphatic heterocycles. The van der Waals surface area contributed by atoms with E-state index < -0.39 is 0 Å². The van der Waals surface area contributed by atoms with Crippen molar-refractivity contribution in [3.8, 4) is 0 Å². The maximum atomic E-state index is 10.3. The predicted molar refractivity (Wildman–Crippen MR) is 64.5 cm³/mol. The van der Waals surface area contributed by atoms with Crippen LogP contribution in [-0.4, -0.2) is 6.29 Å². The molecule has 0 N–H and O–H groups in total. The molecule has 1 atom stereocenters. The summed E-state index contributed by atoms with van der Waals surface area (Å²) in [6.45, 7) is 4.33. The van der Waals surface area contributed by atoms with E-state index in [-0.39, 0.29) is 0 Å². The molecule has 15 heavy (non-hydrogen) atoms. The Balaban J connectivity index is 2.82. The molecular formula is C13H17ClO. The normalized spacial score (nSPS) is 12.5. The Morgan fingerprint density at radius 2 is 2.20 bits per heavy atom. The average Bonchev–Trinajstić information content (AvgIpc) is 2.25. The van der Waals surface area contributed by atoms with E-state index in [0.29, 0.717) is 12.3 Å². The van der Waals surface area contributed by atoms with Gasteiger partial charge in [0.1, 0.15) is 6.29 Å². The zero-order valence-electron chi connectivity index (χ0n) is 9.29. The minimum Gasteiger partial charge on any atom is -0.303 e. The molecule has 0 saturated carbocycles. The Hall–Kier alpha value is -0.820. The largest absolute Gasteiger partial charge is 0.303 e. The lowest BCUT2D eigenvalue weighted by Gasteiger charge is -2.12. The standard InChI is InChI=1S/C13H17ClO/c1-3-10(2)12-7-6-11(5-4-8-15)9-13(12)14/h6-10H,3-5H2,1-2H3. The van der Waals surface area contributed by atoms with Gasteiger partial charge < -0.3 is 4.79 Å². The molecule has 1 rings (SSSR count). The van der Waals surface area contributed by atoms with Gasteiger partial charge in [0.15, 0.2) is 0 Å². The first kappa shape index (κ1) is 12.3. The summed E-state index contributed by atoms with van der Waals surface area (Å²) < 4.78 is 0. The highest BCUT2D eigenvalue weighted by Crippen LogP contribution is 2.27. The Kier molecular flexibility index (Phi) is 4.83. The van der Waals surface area contributed by atoms with Gasteiger partial charge in [-0.3, -0.25) is 0 Å². The molecule has 0 spiro atoms. The van der Waals surface area contributed by atoms with Crippen molar-refractivity contribution in [3.63, 3.8) is 0 Å². The van der Waals surface area contributed by atoms with Crippen molar-refractivity contribution in [2.75, 3.05) is 0 Å². The average molecular weight is 225 g/mol. The van der Waals surface area contributed by atoms with Crippen LogP contribution in [0.15, 0.2) is 18.2 Å². The van der Waals surface area contributed by atoms with E-state index in [0.717, 1.165) is 29.7 Å². The van der Waals surface area contributed by atoms with Crippen molar-refractivity contribution in [1.82, 2.24) is 0 Å². The minimum absolute atomic E-state index is 0.498. The van der Waals surface area contributed by atoms with Gasteiger partial charge in [0.2, 0.25) is 0 Å². The second-order valence-electron chi connectivity index (χ2n) is 3.87. The number of hydrogen-bond acceptors (Lipinski definition) is 1. The van der Waals surface area contributed by atoms with E-state index in [4.69, 9.17) is 11.6 Å². The van der Waals surface area contributed by atoms with Gasteiger partial charge in [0.05, 0.1) is 0 Å². The van der Waals surface area contributed by atoms with Crippen LogP contribution in [0.3, 0.4) is 0 Å². The zero-order chi connectivity index (χ0) is 11.3. The summed E-state index contributed by atoms with van der Waals surface area (Å²) in [5.41, 5.74) is 2.34. The van der Waals surface area contributed by atoms with Gasteiger partial charge >= 0.3 is 0 Å². The van der Waals surface area contributed by atoms with Gasteiger partial charge in [-0.2, -0.15) is 0 Å². The third-order valence-corrected chi connectivity index (χ3v) is 3.09. The number of benzene rings is 1. The van der Waals surface area contributed by atoms with E-state index in [1.54, 1.807) is 0 Å². The quantitative estimate of drug-likeness (QED) is 0.692. The van der Waals surface area contributed by atoms with Crippen molar-refractivity contribution in [1.29, 1.82) is 0 Å². The van der Waals surface area contributed by atoms with Crippen molar-refractivity contribution in [2.45, 2.75) is 39.0 Å². The lowest BCUT2D eigenvalue weighted by molar-refractivity contribution is -0.107. The van der Waals surface area contributed by atoms with Gasteiger partial charge in [-0.25, -0.2) is 0 Å². The second kappa shape index (κ2) is 5.92. The first-order valence-electron chi connectivity index (χ1n) is 5.41. The van der Waals surface area contributed by atoms with Crippen molar-refractivity contribution >= 4 is 17.9 Å². The van der Waals surface area contributed by atoms with Crippen LogP contribution in [0.2, 0.25) is 5.02 Å². The molecular weight excluding hydrogens is 208 g/mol.